The van der Waals surface area contributed by atoms with Gasteiger partial charge >= 0.3 is 0 Å². The lowest BCUT2D eigenvalue weighted by molar-refractivity contribution is 0.0988. The lowest BCUT2D eigenvalue weighted by atomic mass is 9.94. The first-order chi connectivity index (χ1) is 13.6. The molecule has 0 spiro atoms. The van der Waals surface area contributed by atoms with E-state index < -0.39 is 5.91 Å². The predicted molar refractivity (Wildman–Crippen MR) is 105 cm³/mol. The van der Waals surface area contributed by atoms with Crippen molar-refractivity contribution in [3.05, 3.63) is 53.9 Å². The Bertz CT molecular complexity index is 1000. The predicted octanol–water partition coefficient (Wildman–Crippen LogP) is 3.41. The number of benzene rings is 2. The van der Waals surface area contributed by atoms with Crippen LogP contribution in [0.15, 0.2) is 42.5 Å². The molecule has 1 aliphatic carbocycles. The summed E-state index contributed by atoms with van der Waals surface area (Å²) in [6.07, 6.45) is 4.47. The van der Waals surface area contributed by atoms with Crippen LogP contribution in [0.1, 0.15) is 47.8 Å². The molecule has 144 valence electrons. The molecule has 0 aliphatic heterocycles. The van der Waals surface area contributed by atoms with Crippen molar-refractivity contribution >= 4 is 5.91 Å². The number of carbonyl (C=O) groups is 1. The molecule has 28 heavy (non-hydrogen) atoms. The zero-order valence-electron chi connectivity index (χ0n) is 15.6. The molecule has 0 bridgehead atoms. The van der Waals surface area contributed by atoms with Gasteiger partial charge in [0.25, 0.3) is 5.91 Å². The van der Waals surface area contributed by atoms with E-state index in [0.717, 1.165) is 24.0 Å². The van der Waals surface area contributed by atoms with Gasteiger partial charge in [-0.15, -0.1) is 10.2 Å². The van der Waals surface area contributed by atoms with E-state index in [1.165, 1.54) is 12.8 Å². The number of primary amides is 1. The lowest BCUT2D eigenvalue weighted by Crippen LogP contribution is -2.17. The number of phenols is 1. The van der Waals surface area contributed by atoms with Crippen molar-refractivity contribution in [3.8, 4) is 28.6 Å². The minimum absolute atomic E-state index is 0.0515. The van der Waals surface area contributed by atoms with Crippen molar-refractivity contribution in [2.45, 2.75) is 31.6 Å². The molecule has 1 amide bonds. The van der Waals surface area contributed by atoms with E-state index in [0.29, 0.717) is 28.9 Å². The summed E-state index contributed by atoms with van der Waals surface area (Å²) >= 11 is 0. The maximum absolute atomic E-state index is 11.9. The van der Waals surface area contributed by atoms with Crippen LogP contribution in [0.5, 0.6) is 11.5 Å². The number of methoxy groups -OCH3 is 1. The van der Waals surface area contributed by atoms with Crippen molar-refractivity contribution < 1.29 is 14.6 Å². The van der Waals surface area contributed by atoms with E-state index in [1.807, 2.05) is 18.2 Å². The fourth-order valence-corrected chi connectivity index (χ4v) is 3.86. The van der Waals surface area contributed by atoms with Crippen LogP contribution < -0.4 is 10.5 Å². The molecule has 1 fully saturated rings. The molecule has 7 nitrogen and oxygen atoms in total. The Hall–Kier alpha value is -3.35. The highest BCUT2D eigenvalue weighted by Crippen LogP contribution is 2.40. The van der Waals surface area contributed by atoms with Gasteiger partial charge in [0.15, 0.2) is 5.82 Å². The summed E-state index contributed by atoms with van der Waals surface area (Å²) in [5.41, 5.74) is 7.92. The fourth-order valence-electron chi connectivity index (χ4n) is 3.86. The largest absolute Gasteiger partial charge is 0.508 e. The highest BCUT2D eigenvalue weighted by atomic mass is 16.5. The summed E-state index contributed by atoms with van der Waals surface area (Å²) in [7, 11) is 1.59. The Morgan fingerprint density at radius 2 is 1.86 bits per heavy atom. The Morgan fingerprint density at radius 3 is 2.50 bits per heavy atom. The van der Waals surface area contributed by atoms with Crippen molar-refractivity contribution in [3.63, 3.8) is 0 Å². The standard InChI is InChI=1S/C21H22N4O3/c1-28-16-9-7-15(8-10-16)25-20(23-24-21(25)19(22)27)14-6-11-18(26)17(12-14)13-4-2-3-5-13/h6-13,26H,2-5H2,1H3,(H2,22,27). The van der Waals surface area contributed by atoms with Crippen LogP contribution >= 0.6 is 0 Å². The third-order valence-corrected chi connectivity index (χ3v) is 5.29. The number of amides is 1. The second kappa shape index (κ2) is 7.34. The fraction of sp³-hybridized carbons (Fsp3) is 0.286. The SMILES string of the molecule is COc1ccc(-n2c(C(N)=O)nnc2-c2ccc(O)c(C3CCCC3)c2)cc1. The Labute approximate surface area is 162 Å². The van der Waals surface area contributed by atoms with Gasteiger partial charge in [0.2, 0.25) is 5.82 Å². The van der Waals surface area contributed by atoms with Gasteiger partial charge < -0.3 is 15.6 Å². The number of carbonyl (C=O) groups excluding carboxylic acids is 1. The topological polar surface area (TPSA) is 103 Å². The molecule has 3 N–H and O–H groups in total. The molecule has 1 saturated carbocycles. The lowest BCUT2D eigenvalue weighted by Gasteiger charge is -2.14. The molecule has 0 radical (unpaired) electrons. The molecule has 1 heterocycles. The summed E-state index contributed by atoms with van der Waals surface area (Å²) in [6.45, 7) is 0. The van der Waals surface area contributed by atoms with Crippen LogP contribution in [0, 0.1) is 0 Å². The Kier molecular flexibility index (Phi) is 4.73. The average molecular weight is 378 g/mol. The minimum atomic E-state index is -0.663. The molecule has 0 saturated heterocycles. The van der Waals surface area contributed by atoms with E-state index >= 15 is 0 Å². The number of hydrogen-bond acceptors (Lipinski definition) is 5. The molecule has 0 atom stereocenters. The van der Waals surface area contributed by atoms with E-state index in [4.69, 9.17) is 10.5 Å². The first-order valence-corrected chi connectivity index (χ1v) is 9.31. The number of aromatic nitrogens is 3. The van der Waals surface area contributed by atoms with E-state index in [9.17, 15) is 9.90 Å². The maximum atomic E-state index is 11.9. The Balaban J connectivity index is 1.84. The minimum Gasteiger partial charge on any atom is -0.508 e. The van der Waals surface area contributed by atoms with Crippen LogP contribution in [0.2, 0.25) is 0 Å². The summed E-state index contributed by atoms with van der Waals surface area (Å²) in [6, 6.07) is 12.6. The van der Waals surface area contributed by atoms with E-state index in [2.05, 4.69) is 10.2 Å². The van der Waals surface area contributed by atoms with Crippen molar-refractivity contribution in [1.82, 2.24) is 14.8 Å². The molecular formula is C21H22N4O3. The van der Waals surface area contributed by atoms with Crippen LogP contribution in [0.25, 0.3) is 17.1 Å². The number of nitrogens with two attached hydrogens (primary N) is 1. The number of phenolic OH excluding ortho intramolecular Hbond substituents is 1. The van der Waals surface area contributed by atoms with Crippen LogP contribution in [0.3, 0.4) is 0 Å². The van der Waals surface area contributed by atoms with Gasteiger partial charge in [-0.25, -0.2) is 0 Å². The number of rotatable bonds is 5. The molecule has 1 aliphatic rings. The van der Waals surface area contributed by atoms with Crippen LogP contribution in [0.4, 0.5) is 0 Å². The Morgan fingerprint density at radius 1 is 1.14 bits per heavy atom. The maximum Gasteiger partial charge on any atom is 0.287 e. The van der Waals surface area contributed by atoms with Gasteiger partial charge in [-0.3, -0.25) is 9.36 Å². The van der Waals surface area contributed by atoms with E-state index in [1.54, 1.807) is 35.9 Å². The molecule has 7 heteroatoms. The number of ether oxygens (including phenoxy) is 1. The van der Waals surface area contributed by atoms with Gasteiger partial charge in [-0.2, -0.15) is 0 Å². The first kappa shape index (κ1) is 18.0. The average Bonchev–Trinajstić information content (AvgIpc) is 3.38. The smallest absolute Gasteiger partial charge is 0.287 e. The van der Waals surface area contributed by atoms with Crippen molar-refractivity contribution in [2.24, 2.45) is 5.73 Å². The second-order valence-corrected chi connectivity index (χ2v) is 7.00. The van der Waals surface area contributed by atoms with Gasteiger partial charge in [-0.05, 0) is 66.8 Å². The molecular weight excluding hydrogens is 356 g/mol. The monoisotopic (exact) mass is 378 g/mol. The molecule has 4 rings (SSSR count). The first-order valence-electron chi connectivity index (χ1n) is 9.31. The van der Waals surface area contributed by atoms with Gasteiger partial charge in [0, 0.05) is 11.3 Å². The highest BCUT2D eigenvalue weighted by molar-refractivity contribution is 5.90. The van der Waals surface area contributed by atoms with E-state index in [-0.39, 0.29) is 5.82 Å². The third-order valence-electron chi connectivity index (χ3n) is 5.29. The van der Waals surface area contributed by atoms with Gasteiger partial charge in [-0.1, -0.05) is 12.8 Å². The van der Waals surface area contributed by atoms with Crippen molar-refractivity contribution in [2.75, 3.05) is 7.11 Å². The molecule has 2 aromatic carbocycles. The zero-order chi connectivity index (χ0) is 19.7. The molecule has 0 unspecified atom stereocenters. The van der Waals surface area contributed by atoms with Crippen LogP contribution in [-0.4, -0.2) is 32.9 Å². The summed E-state index contributed by atoms with van der Waals surface area (Å²) in [5, 5.41) is 18.6. The highest BCUT2D eigenvalue weighted by Gasteiger charge is 2.23. The normalized spacial score (nSPS) is 14.3. The summed E-state index contributed by atoms with van der Waals surface area (Å²) < 4.78 is 6.84. The van der Waals surface area contributed by atoms with Crippen molar-refractivity contribution in [1.29, 1.82) is 0 Å². The van der Waals surface area contributed by atoms with Gasteiger partial charge in [0.1, 0.15) is 11.5 Å². The van der Waals surface area contributed by atoms with Crippen LogP contribution in [-0.2, 0) is 0 Å². The summed E-state index contributed by atoms with van der Waals surface area (Å²) in [5.74, 6) is 1.22. The third kappa shape index (κ3) is 3.19. The van der Waals surface area contributed by atoms with Gasteiger partial charge in [0.05, 0.1) is 7.11 Å². The number of aromatic hydroxyl groups is 1. The molecule has 3 aromatic rings. The second-order valence-electron chi connectivity index (χ2n) is 7.00. The summed E-state index contributed by atoms with van der Waals surface area (Å²) in [4.78, 5) is 11.9. The quantitative estimate of drug-likeness (QED) is 0.708. The number of hydrogen-bond donors (Lipinski definition) is 2. The molecule has 1 aromatic heterocycles. The zero-order valence-corrected chi connectivity index (χ0v) is 15.6. The number of nitrogens with zero attached hydrogens (tertiary/aromatic N) is 3.